The van der Waals surface area contributed by atoms with E-state index in [0.29, 0.717) is 24.0 Å². The Morgan fingerprint density at radius 1 is 1.00 bits per heavy atom. The lowest BCUT2D eigenvalue weighted by Gasteiger charge is -2.58. The average molecular weight is 611 g/mol. The van der Waals surface area contributed by atoms with Crippen LogP contribution in [0.3, 0.4) is 0 Å². The first-order valence-electron chi connectivity index (χ1n) is 16.9. The van der Waals surface area contributed by atoms with Crippen molar-refractivity contribution in [1.82, 2.24) is 0 Å². The first-order chi connectivity index (χ1) is 19.8. The molecule has 0 radical (unpaired) electrons. The maximum atomic E-state index is 11.5. The van der Waals surface area contributed by atoms with Gasteiger partial charge >= 0.3 is 13.6 Å². The number of allylic oxidation sites excluding steroid dienone is 1. The molecule has 0 heterocycles. The van der Waals surface area contributed by atoms with Gasteiger partial charge in [0.05, 0.1) is 38.5 Å². The molecule has 0 aromatic heterocycles. The van der Waals surface area contributed by atoms with E-state index in [1.54, 1.807) is 5.57 Å². The van der Waals surface area contributed by atoms with E-state index in [1.807, 2.05) is 0 Å². The maximum Gasteiger partial charge on any atom is 0.326 e. The van der Waals surface area contributed by atoms with Crippen molar-refractivity contribution in [2.75, 3.05) is 32.6 Å². The molecule has 0 aromatic carbocycles. The molecule has 3 fully saturated rings. The van der Waals surface area contributed by atoms with Gasteiger partial charge in [-0.15, -0.1) is 0 Å². The Kier molecular flexibility index (Phi) is 11.9. The molecule has 0 spiro atoms. The third-order valence-corrected chi connectivity index (χ3v) is 12.7. The molecule has 3 saturated carbocycles. The van der Waals surface area contributed by atoms with Crippen LogP contribution < -0.4 is 0 Å². The molecule has 4 aliphatic rings. The van der Waals surface area contributed by atoms with Crippen LogP contribution in [0.2, 0.25) is 0 Å². The maximum absolute atomic E-state index is 11.5. The van der Waals surface area contributed by atoms with Gasteiger partial charge in [0.15, 0.2) is 0 Å². The zero-order valence-corrected chi connectivity index (χ0v) is 27.9. The molecule has 2 N–H and O–H groups in total. The monoisotopic (exact) mass is 610 g/mol. The van der Waals surface area contributed by atoms with Gasteiger partial charge in [-0.1, -0.05) is 65.5 Å². The summed E-state index contributed by atoms with van der Waals surface area (Å²) in [5.74, 6) is 4.51. The minimum Gasteiger partial charge on any atom is -0.463 e. The number of fused-ring (bicyclic) bond motifs is 5. The van der Waals surface area contributed by atoms with Gasteiger partial charge in [-0.25, -0.2) is 0 Å². The van der Waals surface area contributed by atoms with Gasteiger partial charge in [0.2, 0.25) is 0 Å². The van der Waals surface area contributed by atoms with Gasteiger partial charge in [0.25, 0.3) is 0 Å². The Balaban J connectivity index is 1.20. The minimum atomic E-state index is -4.18. The fourth-order valence-corrected chi connectivity index (χ4v) is 10.2. The number of hydrogen-bond donors (Lipinski definition) is 2. The largest absolute Gasteiger partial charge is 0.463 e. The second kappa shape index (κ2) is 14.6. The summed E-state index contributed by atoms with van der Waals surface area (Å²) >= 11 is 0. The third-order valence-electron chi connectivity index (χ3n) is 11.9. The van der Waals surface area contributed by atoms with Gasteiger partial charge in [0, 0.05) is 0 Å². The number of rotatable bonds is 15. The van der Waals surface area contributed by atoms with E-state index in [0.717, 1.165) is 48.3 Å². The number of carbonyl (C=O) groups is 1. The molecule has 4 rings (SSSR count). The molecule has 0 bridgehead atoms. The van der Waals surface area contributed by atoms with Crippen molar-refractivity contribution < 1.29 is 33.4 Å². The van der Waals surface area contributed by atoms with Gasteiger partial charge in [-0.3, -0.25) is 9.36 Å². The Labute approximate surface area is 255 Å². The van der Waals surface area contributed by atoms with Crippen molar-refractivity contribution in [2.24, 2.45) is 46.3 Å². The highest BCUT2D eigenvalue weighted by molar-refractivity contribution is 7.51. The molecule has 0 unspecified atom stereocenters. The fraction of sp³-hybridized carbons (Fsp3) is 0.912. The summed E-state index contributed by atoms with van der Waals surface area (Å²) in [6.45, 7) is 13.8. The molecule has 0 saturated heterocycles. The zero-order chi connectivity index (χ0) is 30.5. The first kappa shape index (κ1) is 34.2. The van der Waals surface area contributed by atoms with E-state index in [9.17, 15) is 9.36 Å². The molecule has 0 amide bonds. The standard InChI is InChI=1S/C34H59O7P/c1-24(2)7-6-8-25(3)29-11-12-30-28-10-9-26-23-27(13-16-33(26,4)31(28)14-17-34(29,30)5)40-20-18-39-19-21-41-32(35)15-22-42(36,37)38/h9,24-25,27-31H,6-8,10-23H2,1-5H3,(H2,36,37,38)/t25-,27+,28+,29-,30+,31+,33+,34-/m1/s1. The number of ether oxygens (including phenoxy) is 3. The normalized spacial score (nSPS) is 35.2. The number of carbonyl (C=O) groups excluding carboxylic acids is 1. The highest BCUT2D eigenvalue weighted by atomic mass is 31.2. The Bertz CT molecular complexity index is 975. The number of esters is 1. The molecule has 0 aromatic rings. The molecular weight excluding hydrogens is 551 g/mol. The van der Waals surface area contributed by atoms with Crippen molar-refractivity contribution >= 4 is 13.6 Å². The highest BCUT2D eigenvalue weighted by Gasteiger charge is 2.59. The second-order valence-corrected chi connectivity index (χ2v) is 16.8. The first-order valence-corrected chi connectivity index (χ1v) is 18.7. The third kappa shape index (κ3) is 8.30. The molecule has 4 aliphatic carbocycles. The lowest BCUT2D eigenvalue weighted by atomic mass is 9.47. The smallest absolute Gasteiger partial charge is 0.326 e. The SMILES string of the molecule is CC(C)CCC[C@@H](C)[C@H]1CC[C@H]2[C@@H]3CC=C4C[C@@H](OCCOCCOC(=O)CCP(=O)(O)O)CC[C@]4(C)[C@H]3CC[C@]12C. The highest BCUT2D eigenvalue weighted by Crippen LogP contribution is 2.67. The summed E-state index contributed by atoms with van der Waals surface area (Å²) in [6.07, 6.45) is 16.6. The van der Waals surface area contributed by atoms with Crippen molar-refractivity contribution in [3.8, 4) is 0 Å². The van der Waals surface area contributed by atoms with E-state index in [4.69, 9.17) is 24.0 Å². The second-order valence-electron chi connectivity index (χ2n) is 15.0. The summed E-state index contributed by atoms with van der Waals surface area (Å²) < 4.78 is 27.6. The van der Waals surface area contributed by atoms with Gasteiger partial charge in [-0.2, -0.15) is 0 Å². The van der Waals surface area contributed by atoms with E-state index >= 15 is 0 Å². The summed E-state index contributed by atoms with van der Waals surface area (Å²) in [5, 5.41) is 0. The van der Waals surface area contributed by atoms with Gasteiger partial charge in [-0.05, 0) is 97.7 Å². The van der Waals surface area contributed by atoms with Crippen molar-refractivity contribution in [3.05, 3.63) is 11.6 Å². The predicted octanol–water partition coefficient (Wildman–Crippen LogP) is 7.54. The molecule has 0 aliphatic heterocycles. The van der Waals surface area contributed by atoms with E-state index in [-0.39, 0.29) is 25.7 Å². The fourth-order valence-electron chi connectivity index (χ4n) is 9.69. The topological polar surface area (TPSA) is 102 Å². The minimum absolute atomic E-state index is 0.0784. The van der Waals surface area contributed by atoms with Crippen LogP contribution in [0.5, 0.6) is 0 Å². The van der Waals surface area contributed by atoms with Gasteiger partial charge < -0.3 is 24.0 Å². The summed E-state index contributed by atoms with van der Waals surface area (Å²) in [4.78, 5) is 29.2. The molecular formula is C34H59O7P. The van der Waals surface area contributed by atoms with E-state index in [1.165, 1.54) is 57.8 Å². The summed E-state index contributed by atoms with van der Waals surface area (Å²) in [7, 11) is -4.18. The van der Waals surface area contributed by atoms with Crippen LogP contribution in [0.4, 0.5) is 0 Å². The van der Waals surface area contributed by atoms with Crippen LogP contribution >= 0.6 is 7.60 Å². The predicted molar refractivity (Wildman–Crippen MR) is 166 cm³/mol. The van der Waals surface area contributed by atoms with E-state index in [2.05, 4.69) is 40.7 Å². The molecule has 42 heavy (non-hydrogen) atoms. The molecule has 8 heteroatoms. The van der Waals surface area contributed by atoms with Crippen LogP contribution in [0.15, 0.2) is 11.6 Å². The Morgan fingerprint density at radius 3 is 2.50 bits per heavy atom. The Hall–Kier alpha value is -0.720. The van der Waals surface area contributed by atoms with E-state index < -0.39 is 19.7 Å². The summed E-state index contributed by atoms with van der Waals surface area (Å²) in [6, 6.07) is 0. The number of hydrogen-bond acceptors (Lipinski definition) is 5. The van der Waals surface area contributed by atoms with Crippen molar-refractivity contribution in [2.45, 2.75) is 118 Å². The average Bonchev–Trinajstić information content (AvgIpc) is 3.28. The zero-order valence-electron chi connectivity index (χ0n) is 27.0. The molecule has 242 valence electrons. The summed E-state index contributed by atoms with van der Waals surface area (Å²) in [5.41, 5.74) is 2.50. The van der Waals surface area contributed by atoms with Crippen LogP contribution in [0, 0.1) is 46.3 Å². The van der Waals surface area contributed by atoms with Crippen molar-refractivity contribution in [3.63, 3.8) is 0 Å². The van der Waals surface area contributed by atoms with Crippen molar-refractivity contribution in [1.29, 1.82) is 0 Å². The lowest BCUT2D eigenvalue weighted by Crippen LogP contribution is -2.51. The molecule has 7 nitrogen and oxygen atoms in total. The Morgan fingerprint density at radius 2 is 1.76 bits per heavy atom. The van der Waals surface area contributed by atoms with Crippen LogP contribution in [0.1, 0.15) is 112 Å². The van der Waals surface area contributed by atoms with Crippen LogP contribution in [0.25, 0.3) is 0 Å². The van der Waals surface area contributed by atoms with Crippen LogP contribution in [-0.2, 0) is 23.6 Å². The van der Waals surface area contributed by atoms with Gasteiger partial charge in [0.1, 0.15) is 6.61 Å². The van der Waals surface area contributed by atoms with Crippen LogP contribution in [-0.4, -0.2) is 54.4 Å². The quantitative estimate of drug-likeness (QED) is 0.0855. The molecule has 8 atom stereocenters. The lowest BCUT2D eigenvalue weighted by molar-refractivity contribution is -0.145.